The van der Waals surface area contributed by atoms with Crippen LogP contribution in [0.1, 0.15) is 35.9 Å². The standard InChI is InChI=1S/C16H16N4OS2/c1-9-8-22-16(18-9)20-14(21)10(2)23-15-12(7-17)6-11-4-3-5-13(11)19-15/h6,8,10H,3-5H2,1-2H3,(H,18,20,21). The van der Waals surface area contributed by atoms with Crippen LogP contribution >= 0.6 is 23.1 Å². The van der Waals surface area contributed by atoms with Crippen LogP contribution < -0.4 is 5.32 Å². The van der Waals surface area contributed by atoms with Crippen molar-refractivity contribution in [1.82, 2.24) is 9.97 Å². The summed E-state index contributed by atoms with van der Waals surface area (Å²) in [7, 11) is 0. The van der Waals surface area contributed by atoms with Gasteiger partial charge in [-0.05, 0) is 44.7 Å². The molecule has 2 heterocycles. The summed E-state index contributed by atoms with van der Waals surface area (Å²) in [4.78, 5) is 21.1. The van der Waals surface area contributed by atoms with Crippen molar-refractivity contribution in [3.05, 3.63) is 34.0 Å². The average Bonchev–Trinajstić information content (AvgIpc) is 3.14. The molecule has 0 aromatic carbocycles. The van der Waals surface area contributed by atoms with E-state index < -0.39 is 0 Å². The Morgan fingerprint density at radius 2 is 2.30 bits per heavy atom. The summed E-state index contributed by atoms with van der Waals surface area (Å²) in [5, 5.41) is 14.9. The molecule has 2 aromatic heterocycles. The lowest BCUT2D eigenvalue weighted by molar-refractivity contribution is -0.115. The Morgan fingerprint density at radius 3 is 3.00 bits per heavy atom. The minimum absolute atomic E-state index is 0.129. The molecule has 1 unspecified atom stereocenters. The van der Waals surface area contributed by atoms with E-state index in [9.17, 15) is 10.1 Å². The number of fused-ring (bicyclic) bond motifs is 1. The van der Waals surface area contributed by atoms with Crippen LogP contribution in [0.25, 0.3) is 0 Å². The van der Waals surface area contributed by atoms with Gasteiger partial charge in [0, 0.05) is 11.1 Å². The SMILES string of the molecule is Cc1csc(NC(=O)C(C)Sc2nc3c(cc2C#N)CCC3)n1. The molecule has 1 aliphatic carbocycles. The summed E-state index contributed by atoms with van der Waals surface area (Å²) in [6.45, 7) is 3.70. The van der Waals surface area contributed by atoms with Crippen molar-refractivity contribution in [2.75, 3.05) is 5.32 Å². The number of aryl methyl sites for hydroxylation is 3. The number of nitrogens with zero attached hydrogens (tertiary/aromatic N) is 3. The van der Waals surface area contributed by atoms with Crippen LogP contribution in [0.2, 0.25) is 0 Å². The van der Waals surface area contributed by atoms with Crippen LogP contribution in [-0.2, 0) is 17.6 Å². The number of rotatable bonds is 4. The van der Waals surface area contributed by atoms with Crippen molar-refractivity contribution >= 4 is 34.1 Å². The van der Waals surface area contributed by atoms with Gasteiger partial charge in [0.1, 0.15) is 11.1 Å². The predicted octanol–water partition coefficient (Wildman–Crippen LogP) is 3.33. The molecule has 23 heavy (non-hydrogen) atoms. The van der Waals surface area contributed by atoms with Crippen molar-refractivity contribution in [3.8, 4) is 6.07 Å². The Kier molecular flexibility index (Phi) is 4.64. The number of hydrogen-bond donors (Lipinski definition) is 1. The molecule has 7 heteroatoms. The largest absolute Gasteiger partial charge is 0.301 e. The van der Waals surface area contributed by atoms with Gasteiger partial charge in [0.15, 0.2) is 5.13 Å². The number of carbonyl (C=O) groups excluding carboxylic acids is 1. The Balaban J connectivity index is 1.73. The molecule has 2 aromatic rings. The first-order valence-electron chi connectivity index (χ1n) is 7.39. The first-order chi connectivity index (χ1) is 11.1. The smallest absolute Gasteiger partial charge is 0.239 e. The minimum atomic E-state index is -0.349. The second-order valence-corrected chi connectivity index (χ2v) is 7.64. The summed E-state index contributed by atoms with van der Waals surface area (Å²) in [5.74, 6) is -0.129. The van der Waals surface area contributed by atoms with Gasteiger partial charge in [0.25, 0.3) is 0 Å². The molecule has 0 bridgehead atoms. The third kappa shape index (κ3) is 3.54. The van der Waals surface area contributed by atoms with Gasteiger partial charge in [0.2, 0.25) is 5.91 Å². The molecule has 118 valence electrons. The molecule has 0 spiro atoms. The highest BCUT2D eigenvalue weighted by Gasteiger charge is 2.21. The minimum Gasteiger partial charge on any atom is -0.301 e. The highest BCUT2D eigenvalue weighted by atomic mass is 32.2. The fourth-order valence-electron chi connectivity index (χ4n) is 2.46. The molecule has 0 fully saturated rings. The zero-order valence-corrected chi connectivity index (χ0v) is 14.6. The van der Waals surface area contributed by atoms with Crippen LogP contribution in [0, 0.1) is 18.3 Å². The lowest BCUT2D eigenvalue weighted by Gasteiger charge is -2.12. The maximum Gasteiger partial charge on any atom is 0.239 e. The highest BCUT2D eigenvalue weighted by Crippen LogP contribution is 2.30. The zero-order valence-electron chi connectivity index (χ0n) is 12.9. The van der Waals surface area contributed by atoms with E-state index in [2.05, 4.69) is 21.4 Å². The lowest BCUT2D eigenvalue weighted by atomic mass is 10.2. The number of pyridine rings is 1. The molecule has 1 aliphatic rings. The third-order valence-corrected chi connectivity index (χ3v) is 5.62. The van der Waals surface area contributed by atoms with Gasteiger partial charge in [-0.15, -0.1) is 11.3 Å². The average molecular weight is 344 g/mol. The number of aromatic nitrogens is 2. The molecule has 5 nitrogen and oxygen atoms in total. The monoisotopic (exact) mass is 344 g/mol. The molecular weight excluding hydrogens is 328 g/mol. The number of thiazole rings is 1. The van der Waals surface area contributed by atoms with Crippen LogP contribution in [0.3, 0.4) is 0 Å². The maximum atomic E-state index is 12.3. The topological polar surface area (TPSA) is 78.7 Å². The number of amides is 1. The number of nitrogens with one attached hydrogen (secondary N) is 1. The van der Waals surface area contributed by atoms with Gasteiger partial charge in [-0.2, -0.15) is 5.26 Å². The number of hydrogen-bond acceptors (Lipinski definition) is 6. The molecule has 0 saturated carbocycles. The van der Waals surface area contributed by atoms with E-state index in [1.165, 1.54) is 28.7 Å². The van der Waals surface area contributed by atoms with E-state index in [0.717, 1.165) is 30.7 Å². The number of anilines is 1. The predicted molar refractivity (Wildman–Crippen MR) is 91.8 cm³/mol. The second kappa shape index (κ2) is 6.69. The fraction of sp³-hybridized carbons (Fsp3) is 0.375. The summed E-state index contributed by atoms with van der Waals surface area (Å²) in [6, 6.07) is 4.12. The maximum absolute atomic E-state index is 12.3. The van der Waals surface area contributed by atoms with Crippen LogP contribution in [0.4, 0.5) is 5.13 Å². The van der Waals surface area contributed by atoms with E-state index in [-0.39, 0.29) is 11.2 Å². The summed E-state index contributed by atoms with van der Waals surface area (Å²) < 4.78 is 0. The first-order valence-corrected chi connectivity index (χ1v) is 9.15. The number of nitriles is 1. The van der Waals surface area contributed by atoms with Gasteiger partial charge in [-0.1, -0.05) is 11.8 Å². The molecule has 1 amide bonds. The molecule has 1 atom stereocenters. The van der Waals surface area contributed by atoms with Crippen LogP contribution in [-0.4, -0.2) is 21.1 Å². The van der Waals surface area contributed by atoms with Crippen molar-refractivity contribution in [2.24, 2.45) is 0 Å². The van der Waals surface area contributed by atoms with E-state index >= 15 is 0 Å². The van der Waals surface area contributed by atoms with Crippen molar-refractivity contribution in [2.45, 2.75) is 43.4 Å². The first kappa shape index (κ1) is 16.0. The van der Waals surface area contributed by atoms with Crippen LogP contribution in [0.5, 0.6) is 0 Å². The summed E-state index contributed by atoms with van der Waals surface area (Å²) >= 11 is 2.73. The Hall–Kier alpha value is -1.91. The quantitative estimate of drug-likeness (QED) is 0.861. The van der Waals surface area contributed by atoms with Gasteiger partial charge >= 0.3 is 0 Å². The zero-order chi connectivity index (χ0) is 16.4. The Morgan fingerprint density at radius 1 is 1.48 bits per heavy atom. The van der Waals surface area contributed by atoms with Crippen LogP contribution in [0.15, 0.2) is 16.5 Å². The second-order valence-electron chi connectivity index (χ2n) is 5.46. The van der Waals surface area contributed by atoms with Gasteiger partial charge in [-0.3, -0.25) is 4.79 Å². The van der Waals surface area contributed by atoms with E-state index in [4.69, 9.17) is 0 Å². The van der Waals surface area contributed by atoms with Gasteiger partial charge < -0.3 is 5.32 Å². The molecule has 1 N–H and O–H groups in total. The number of carbonyl (C=O) groups is 1. The third-order valence-electron chi connectivity index (χ3n) is 3.64. The van der Waals surface area contributed by atoms with E-state index in [0.29, 0.717) is 15.7 Å². The molecule has 0 radical (unpaired) electrons. The Labute approximate surface area is 143 Å². The summed E-state index contributed by atoms with van der Waals surface area (Å²) in [6.07, 6.45) is 3.02. The fourth-order valence-corrected chi connectivity index (χ4v) is 4.05. The normalized spacial score (nSPS) is 14.1. The van der Waals surface area contributed by atoms with Crippen molar-refractivity contribution < 1.29 is 4.79 Å². The molecule has 3 rings (SSSR count). The molecule has 0 saturated heterocycles. The molecular formula is C16H16N4OS2. The van der Waals surface area contributed by atoms with Crippen molar-refractivity contribution in [1.29, 1.82) is 5.26 Å². The van der Waals surface area contributed by atoms with E-state index in [1.54, 1.807) is 0 Å². The Bertz CT molecular complexity index is 794. The highest BCUT2D eigenvalue weighted by molar-refractivity contribution is 8.00. The summed E-state index contributed by atoms with van der Waals surface area (Å²) in [5.41, 5.74) is 3.67. The molecule has 0 aliphatic heterocycles. The van der Waals surface area contributed by atoms with E-state index in [1.807, 2.05) is 25.3 Å². The lowest BCUT2D eigenvalue weighted by Crippen LogP contribution is -2.22. The van der Waals surface area contributed by atoms with Gasteiger partial charge in [0.05, 0.1) is 16.5 Å². The number of thioether (sulfide) groups is 1. The van der Waals surface area contributed by atoms with Crippen molar-refractivity contribution in [3.63, 3.8) is 0 Å². The van der Waals surface area contributed by atoms with Gasteiger partial charge in [-0.25, -0.2) is 9.97 Å².